The first-order valence-corrected chi connectivity index (χ1v) is 5.04. The lowest BCUT2D eigenvalue weighted by atomic mass is 10.1. The fourth-order valence-corrected chi connectivity index (χ4v) is 1.44. The van der Waals surface area contributed by atoms with Gasteiger partial charge in [-0.1, -0.05) is 11.6 Å². The molecular weight excluding hydrogens is 244 g/mol. The summed E-state index contributed by atoms with van der Waals surface area (Å²) in [5, 5.41) is 20.1. The van der Waals surface area contributed by atoms with Crippen molar-refractivity contribution in [1.82, 2.24) is 0 Å². The molecule has 5 nitrogen and oxygen atoms in total. The first-order valence-electron chi connectivity index (χ1n) is 4.66. The summed E-state index contributed by atoms with van der Waals surface area (Å²) in [6, 6.07) is 4.43. The minimum absolute atomic E-state index is 0.0572. The third-order valence-electron chi connectivity index (χ3n) is 2.13. The van der Waals surface area contributed by atoms with Crippen molar-refractivity contribution in [2.75, 3.05) is 5.32 Å². The van der Waals surface area contributed by atoms with Gasteiger partial charge < -0.3 is 10.4 Å². The van der Waals surface area contributed by atoms with E-state index >= 15 is 0 Å². The number of carbonyl (C=O) groups excluding carboxylic acids is 1. The molecule has 0 aromatic heterocycles. The maximum atomic E-state index is 11.3. The summed E-state index contributed by atoms with van der Waals surface area (Å²) < 4.78 is 0. The molecular formula is C11H9ClN2O3. The number of hydrogen-bond acceptors (Lipinski definition) is 3. The third kappa shape index (κ3) is 2.95. The molecule has 0 aliphatic heterocycles. The van der Waals surface area contributed by atoms with Crippen molar-refractivity contribution in [2.45, 2.75) is 13.3 Å². The maximum Gasteiger partial charge on any atom is 0.337 e. The van der Waals surface area contributed by atoms with Crippen molar-refractivity contribution in [3.63, 3.8) is 0 Å². The van der Waals surface area contributed by atoms with Crippen molar-refractivity contribution in [2.24, 2.45) is 0 Å². The molecule has 0 saturated heterocycles. The number of aromatic carboxylic acids is 1. The second-order valence-electron chi connectivity index (χ2n) is 3.28. The van der Waals surface area contributed by atoms with Gasteiger partial charge in [0, 0.05) is 5.02 Å². The molecule has 2 N–H and O–H groups in total. The lowest BCUT2D eigenvalue weighted by Gasteiger charge is -2.11. The van der Waals surface area contributed by atoms with Gasteiger partial charge in [0.1, 0.15) is 6.42 Å². The summed E-state index contributed by atoms with van der Waals surface area (Å²) in [5.74, 6) is -1.74. The van der Waals surface area contributed by atoms with Gasteiger partial charge in [-0.05, 0) is 24.6 Å². The molecule has 1 aromatic rings. The molecule has 6 heteroatoms. The SMILES string of the molecule is Cc1c(Cl)ccc(C(=O)O)c1NC(=O)CC#N. The average molecular weight is 253 g/mol. The Kier molecular flexibility index (Phi) is 4.07. The number of rotatable bonds is 3. The van der Waals surface area contributed by atoms with Crippen LogP contribution in [0.1, 0.15) is 22.3 Å². The van der Waals surface area contributed by atoms with Crippen LogP contribution in [0.2, 0.25) is 5.02 Å². The number of carbonyl (C=O) groups is 2. The maximum absolute atomic E-state index is 11.3. The van der Waals surface area contributed by atoms with Crippen LogP contribution in [0.25, 0.3) is 0 Å². The van der Waals surface area contributed by atoms with Crippen molar-refractivity contribution in [3.05, 3.63) is 28.3 Å². The Bertz CT molecular complexity index is 520. The van der Waals surface area contributed by atoms with Gasteiger partial charge in [-0.3, -0.25) is 4.79 Å². The number of nitriles is 1. The highest BCUT2D eigenvalue weighted by atomic mass is 35.5. The standard InChI is InChI=1S/C11H9ClN2O3/c1-6-8(12)3-2-7(11(16)17)10(6)14-9(15)4-5-13/h2-3H,4H2,1H3,(H,14,15)(H,16,17). The second kappa shape index (κ2) is 5.32. The Morgan fingerprint density at radius 1 is 1.53 bits per heavy atom. The number of benzene rings is 1. The lowest BCUT2D eigenvalue weighted by molar-refractivity contribution is -0.115. The number of carboxylic acid groups (broad SMARTS) is 1. The molecule has 0 saturated carbocycles. The Labute approximate surface area is 103 Å². The molecule has 0 spiro atoms. The number of amides is 1. The first kappa shape index (κ1) is 13.0. The van der Waals surface area contributed by atoms with E-state index in [2.05, 4.69) is 5.32 Å². The van der Waals surface area contributed by atoms with Crippen LogP contribution in [-0.4, -0.2) is 17.0 Å². The normalized spacial score (nSPS) is 9.47. The Morgan fingerprint density at radius 2 is 2.18 bits per heavy atom. The van der Waals surface area contributed by atoms with Crippen LogP contribution in [0.5, 0.6) is 0 Å². The Morgan fingerprint density at radius 3 is 2.71 bits per heavy atom. The van der Waals surface area contributed by atoms with E-state index in [9.17, 15) is 9.59 Å². The van der Waals surface area contributed by atoms with Gasteiger partial charge in [-0.25, -0.2) is 4.79 Å². The van der Waals surface area contributed by atoms with Crippen molar-refractivity contribution < 1.29 is 14.7 Å². The number of carboxylic acids is 1. The van der Waals surface area contributed by atoms with E-state index in [1.165, 1.54) is 12.1 Å². The van der Waals surface area contributed by atoms with E-state index in [0.29, 0.717) is 10.6 Å². The molecule has 0 fully saturated rings. The second-order valence-corrected chi connectivity index (χ2v) is 3.69. The first-order chi connectivity index (χ1) is 7.97. The topological polar surface area (TPSA) is 90.2 Å². The molecule has 1 rings (SSSR count). The minimum atomic E-state index is -1.17. The zero-order chi connectivity index (χ0) is 13.0. The number of nitrogens with zero attached hydrogens (tertiary/aromatic N) is 1. The molecule has 17 heavy (non-hydrogen) atoms. The van der Waals surface area contributed by atoms with E-state index in [1.54, 1.807) is 13.0 Å². The third-order valence-corrected chi connectivity index (χ3v) is 2.54. The largest absolute Gasteiger partial charge is 0.478 e. The number of halogens is 1. The van der Waals surface area contributed by atoms with Gasteiger partial charge in [0.05, 0.1) is 17.3 Å². The molecule has 0 heterocycles. The highest BCUT2D eigenvalue weighted by Gasteiger charge is 2.16. The van der Waals surface area contributed by atoms with Crippen molar-refractivity contribution >= 4 is 29.2 Å². The summed E-state index contributed by atoms with van der Waals surface area (Å²) >= 11 is 5.84. The predicted molar refractivity (Wildman–Crippen MR) is 62.0 cm³/mol. The smallest absolute Gasteiger partial charge is 0.337 e. The lowest BCUT2D eigenvalue weighted by Crippen LogP contribution is -2.15. The molecule has 1 aromatic carbocycles. The summed E-state index contributed by atoms with van der Waals surface area (Å²) in [4.78, 5) is 22.2. The number of nitrogens with one attached hydrogen (secondary N) is 1. The van der Waals surface area contributed by atoms with E-state index in [4.69, 9.17) is 22.0 Å². The van der Waals surface area contributed by atoms with Crippen LogP contribution in [0.3, 0.4) is 0 Å². The molecule has 0 unspecified atom stereocenters. The molecule has 0 aliphatic rings. The minimum Gasteiger partial charge on any atom is -0.478 e. The molecule has 0 atom stereocenters. The van der Waals surface area contributed by atoms with Crippen LogP contribution in [-0.2, 0) is 4.79 Å². The zero-order valence-corrected chi connectivity index (χ0v) is 9.71. The average Bonchev–Trinajstić information content (AvgIpc) is 2.25. The van der Waals surface area contributed by atoms with Gasteiger partial charge in [0.25, 0.3) is 0 Å². The summed E-state index contributed by atoms with van der Waals surface area (Å²) in [6.45, 7) is 1.59. The van der Waals surface area contributed by atoms with Crippen molar-refractivity contribution in [3.8, 4) is 6.07 Å². The van der Waals surface area contributed by atoms with Gasteiger partial charge >= 0.3 is 5.97 Å². The van der Waals surface area contributed by atoms with Crippen LogP contribution in [0.4, 0.5) is 5.69 Å². The van der Waals surface area contributed by atoms with E-state index in [0.717, 1.165) is 0 Å². The molecule has 0 radical (unpaired) electrons. The summed E-state index contributed by atoms with van der Waals surface area (Å²) in [7, 11) is 0. The van der Waals surface area contributed by atoms with Crippen molar-refractivity contribution in [1.29, 1.82) is 5.26 Å². The monoisotopic (exact) mass is 252 g/mol. The van der Waals surface area contributed by atoms with Gasteiger partial charge in [0.2, 0.25) is 5.91 Å². The fraction of sp³-hybridized carbons (Fsp3) is 0.182. The zero-order valence-electron chi connectivity index (χ0n) is 8.95. The predicted octanol–water partition coefficient (Wildman–Crippen LogP) is 2.20. The molecule has 1 amide bonds. The molecule has 0 aliphatic carbocycles. The van der Waals surface area contributed by atoms with Gasteiger partial charge in [0.15, 0.2) is 0 Å². The number of hydrogen-bond donors (Lipinski definition) is 2. The molecule has 88 valence electrons. The van der Waals surface area contributed by atoms with E-state index in [1.807, 2.05) is 0 Å². The van der Waals surface area contributed by atoms with Gasteiger partial charge in [-0.2, -0.15) is 5.26 Å². The molecule has 0 bridgehead atoms. The highest BCUT2D eigenvalue weighted by molar-refractivity contribution is 6.32. The quantitative estimate of drug-likeness (QED) is 0.863. The van der Waals surface area contributed by atoms with Crippen LogP contribution < -0.4 is 5.32 Å². The van der Waals surface area contributed by atoms with Gasteiger partial charge in [-0.15, -0.1) is 0 Å². The van der Waals surface area contributed by atoms with E-state index in [-0.39, 0.29) is 17.7 Å². The Balaban J connectivity index is 3.20. The summed E-state index contributed by atoms with van der Waals surface area (Å²) in [6.07, 6.45) is -0.342. The summed E-state index contributed by atoms with van der Waals surface area (Å²) in [5.41, 5.74) is 0.529. The van der Waals surface area contributed by atoms with Crippen LogP contribution in [0.15, 0.2) is 12.1 Å². The van der Waals surface area contributed by atoms with Crippen LogP contribution in [0, 0.1) is 18.3 Å². The fourth-order valence-electron chi connectivity index (χ4n) is 1.28. The van der Waals surface area contributed by atoms with Crippen LogP contribution >= 0.6 is 11.6 Å². The Hall–Kier alpha value is -2.06. The number of anilines is 1. The van der Waals surface area contributed by atoms with E-state index < -0.39 is 11.9 Å². The highest BCUT2D eigenvalue weighted by Crippen LogP contribution is 2.27.